The van der Waals surface area contributed by atoms with Crippen LogP contribution < -0.4 is 15.8 Å². The lowest BCUT2D eigenvalue weighted by Gasteiger charge is -2.12. The van der Waals surface area contributed by atoms with E-state index >= 15 is 0 Å². The van der Waals surface area contributed by atoms with E-state index in [1.165, 1.54) is 6.42 Å². The molecule has 15 heavy (non-hydrogen) atoms. The molecule has 3 N–H and O–H groups in total. The highest BCUT2D eigenvalue weighted by atomic mass is 35.5. The molecule has 1 aliphatic rings. The van der Waals surface area contributed by atoms with Crippen molar-refractivity contribution in [1.29, 1.82) is 0 Å². The zero-order valence-electron chi connectivity index (χ0n) is 8.37. The van der Waals surface area contributed by atoms with Gasteiger partial charge in [0.1, 0.15) is 12.4 Å². The molecule has 0 radical (unpaired) electrons. The Kier molecular flexibility index (Phi) is 3.28. The van der Waals surface area contributed by atoms with Gasteiger partial charge >= 0.3 is 0 Å². The Balaban J connectivity index is 1.90. The van der Waals surface area contributed by atoms with Crippen molar-refractivity contribution >= 4 is 17.3 Å². The van der Waals surface area contributed by atoms with Gasteiger partial charge in [0.2, 0.25) is 0 Å². The first-order valence-corrected chi connectivity index (χ1v) is 5.40. The Bertz CT molecular complexity index is 339. The van der Waals surface area contributed by atoms with Crippen LogP contribution in [0.25, 0.3) is 0 Å². The molecule has 1 aromatic rings. The standard InChI is InChI=1S/C10H14ClN3O/c11-10-9(12)4-8(5-14-10)15-6-7-2-1-3-13-7/h4-5,7,13H,1-3,6,12H2. The topological polar surface area (TPSA) is 60.2 Å². The molecule has 5 heteroatoms. The van der Waals surface area contributed by atoms with Gasteiger partial charge in [-0.2, -0.15) is 0 Å². The first-order valence-electron chi connectivity index (χ1n) is 5.03. The number of nitrogen functional groups attached to an aromatic ring is 1. The fourth-order valence-electron chi connectivity index (χ4n) is 1.62. The third-order valence-corrected chi connectivity index (χ3v) is 2.77. The van der Waals surface area contributed by atoms with Crippen molar-refractivity contribution < 1.29 is 4.74 Å². The summed E-state index contributed by atoms with van der Waals surface area (Å²) < 4.78 is 5.56. The van der Waals surface area contributed by atoms with Gasteiger partial charge in [0.05, 0.1) is 11.9 Å². The SMILES string of the molecule is Nc1cc(OCC2CCCN2)cnc1Cl. The lowest BCUT2D eigenvalue weighted by Crippen LogP contribution is -2.28. The lowest BCUT2D eigenvalue weighted by atomic mass is 10.2. The van der Waals surface area contributed by atoms with Gasteiger partial charge in [0, 0.05) is 12.1 Å². The molecule has 82 valence electrons. The number of ether oxygens (including phenoxy) is 1. The summed E-state index contributed by atoms with van der Waals surface area (Å²) in [5.74, 6) is 0.672. The van der Waals surface area contributed by atoms with E-state index in [1.54, 1.807) is 12.3 Å². The zero-order chi connectivity index (χ0) is 10.7. The van der Waals surface area contributed by atoms with Crippen molar-refractivity contribution in [1.82, 2.24) is 10.3 Å². The summed E-state index contributed by atoms with van der Waals surface area (Å²) in [6, 6.07) is 2.14. The van der Waals surface area contributed by atoms with Crippen molar-refractivity contribution in [3.63, 3.8) is 0 Å². The van der Waals surface area contributed by atoms with Gasteiger partial charge in [-0.3, -0.25) is 0 Å². The smallest absolute Gasteiger partial charge is 0.152 e. The highest BCUT2D eigenvalue weighted by Gasteiger charge is 2.14. The third kappa shape index (κ3) is 2.73. The molecule has 1 atom stereocenters. The van der Waals surface area contributed by atoms with Crippen LogP contribution in [0.15, 0.2) is 12.3 Å². The molecule has 2 heterocycles. The molecule has 0 spiro atoms. The summed E-state index contributed by atoms with van der Waals surface area (Å²) in [5, 5.41) is 3.67. The molecule has 1 fully saturated rings. The third-order valence-electron chi connectivity index (χ3n) is 2.45. The van der Waals surface area contributed by atoms with Crippen LogP contribution in [0.2, 0.25) is 5.15 Å². The molecule has 2 rings (SSSR count). The highest BCUT2D eigenvalue weighted by molar-refractivity contribution is 6.31. The van der Waals surface area contributed by atoms with Gasteiger partial charge in [-0.1, -0.05) is 11.6 Å². The van der Waals surface area contributed by atoms with Crippen LogP contribution in [-0.4, -0.2) is 24.2 Å². The van der Waals surface area contributed by atoms with E-state index in [1.807, 2.05) is 0 Å². The van der Waals surface area contributed by atoms with Crippen LogP contribution >= 0.6 is 11.6 Å². The first-order chi connectivity index (χ1) is 7.25. The van der Waals surface area contributed by atoms with Crippen LogP contribution in [0.5, 0.6) is 5.75 Å². The molecule has 0 saturated carbocycles. The minimum atomic E-state index is 0.321. The minimum Gasteiger partial charge on any atom is -0.490 e. The van der Waals surface area contributed by atoms with Crippen LogP contribution in [0, 0.1) is 0 Å². The summed E-state index contributed by atoms with van der Waals surface area (Å²) in [6.45, 7) is 1.73. The zero-order valence-corrected chi connectivity index (χ0v) is 9.13. The quantitative estimate of drug-likeness (QED) is 0.768. The number of nitrogens with one attached hydrogen (secondary N) is 1. The van der Waals surface area contributed by atoms with Crippen LogP contribution in [-0.2, 0) is 0 Å². The predicted molar refractivity (Wildman–Crippen MR) is 60.2 cm³/mol. The molecular weight excluding hydrogens is 214 g/mol. The molecule has 1 unspecified atom stereocenters. The summed E-state index contributed by atoms with van der Waals surface area (Å²) >= 11 is 5.70. The normalized spacial score (nSPS) is 20.5. The summed E-state index contributed by atoms with van der Waals surface area (Å²) in [5.41, 5.74) is 6.07. The Morgan fingerprint density at radius 2 is 2.53 bits per heavy atom. The molecule has 1 aromatic heterocycles. The lowest BCUT2D eigenvalue weighted by molar-refractivity contribution is 0.276. The van der Waals surface area contributed by atoms with E-state index in [0.717, 1.165) is 13.0 Å². The Labute approximate surface area is 93.8 Å². The number of anilines is 1. The van der Waals surface area contributed by atoms with Gasteiger partial charge in [0.15, 0.2) is 5.15 Å². The number of pyridine rings is 1. The van der Waals surface area contributed by atoms with E-state index in [4.69, 9.17) is 22.1 Å². The number of nitrogens with two attached hydrogens (primary N) is 1. The number of nitrogens with zero attached hydrogens (tertiary/aromatic N) is 1. The average Bonchev–Trinajstić information content (AvgIpc) is 2.73. The van der Waals surface area contributed by atoms with E-state index < -0.39 is 0 Å². The number of halogens is 1. The maximum atomic E-state index is 5.70. The number of rotatable bonds is 3. The van der Waals surface area contributed by atoms with Crippen molar-refractivity contribution in [2.24, 2.45) is 0 Å². The van der Waals surface area contributed by atoms with Crippen LogP contribution in [0.4, 0.5) is 5.69 Å². The molecule has 4 nitrogen and oxygen atoms in total. The average molecular weight is 228 g/mol. The summed E-state index contributed by atoms with van der Waals surface area (Å²) in [7, 11) is 0. The van der Waals surface area contributed by atoms with E-state index in [0.29, 0.717) is 29.2 Å². The van der Waals surface area contributed by atoms with Crippen LogP contribution in [0.1, 0.15) is 12.8 Å². The molecule has 0 aliphatic carbocycles. The van der Waals surface area contributed by atoms with Gasteiger partial charge in [-0.25, -0.2) is 4.98 Å². The van der Waals surface area contributed by atoms with Crippen molar-refractivity contribution in [3.8, 4) is 5.75 Å². The first kappa shape index (κ1) is 10.5. The highest BCUT2D eigenvalue weighted by Crippen LogP contribution is 2.21. The van der Waals surface area contributed by atoms with E-state index in [-0.39, 0.29) is 0 Å². The van der Waals surface area contributed by atoms with E-state index in [9.17, 15) is 0 Å². The van der Waals surface area contributed by atoms with Crippen molar-refractivity contribution in [2.75, 3.05) is 18.9 Å². The predicted octanol–water partition coefficient (Wildman–Crippen LogP) is 1.45. The summed E-state index contributed by atoms with van der Waals surface area (Å²) in [6.07, 6.45) is 3.97. The van der Waals surface area contributed by atoms with Gasteiger partial charge < -0.3 is 15.8 Å². The fourth-order valence-corrected chi connectivity index (χ4v) is 1.72. The second-order valence-corrected chi connectivity index (χ2v) is 4.01. The number of aromatic nitrogens is 1. The molecule has 0 bridgehead atoms. The molecule has 1 aliphatic heterocycles. The fraction of sp³-hybridized carbons (Fsp3) is 0.500. The molecule has 0 amide bonds. The largest absolute Gasteiger partial charge is 0.490 e. The van der Waals surface area contributed by atoms with Crippen molar-refractivity contribution in [2.45, 2.75) is 18.9 Å². The van der Waals surface area contributed by atoms with Gasteiger partial charge in [0.25, 0.3) is 0 Å². The number of hydrogen-bond donors (Lipinski definition) is 2. The minimum absolute atomic E-state index is 0.321. The Hall–Kier alpha value is -1.00. The second-order valence-electron chi connectivity index (χ2n) is 3.66. The molecular formula is C10H14ClN3O. The Morgan fingerprint density at radius 3 is 3.20 bits per heavy atom. The maximum Gasteiger partial charge on any atom is 0.152 e. The maximum absolute atomic E-state index is 5.70. The van der Waals surface area contributed by atoms with Crippen molar-refractivity contribution in [3.05, 3.63) is 17.4 Å². The molecule has 0 aromatic carbocycles. The summed E-state index contributed by atoms with van der Waals surface area (Å²) in [4.78, 5) is 3.92. The number of hydrogen-bond acceptors (Lipinski definition) is 4. The second kappa shape index (κ2) is 4.68. The van der Waals surface area contributed by atoms with Gasteiger partial charge in [-0.05, 0) is 19.4 Å². The monoisotopic (exact) mass is 227 g/mol. The van der Waals surface area contributed by atoms with Crippen LogP contribution in [0.3, 0.4) is 0 Å². The van der Waals surface area contributed by atoms with Gasteiger partial charge in [-0.15, -0.1) is 0 Å². The molecule has 1 saturated heterocycles. The Morgan fingerprint density at radius 1 is 1.67 bits per heavy atom. The van der Waals surface area contributed by atoms with E-state index in [2.05, 4.69) is 10.3 Å².